The number of para-hydroxylation sites is 2. The molecule has 0 unspecified atom stereocenters. The fraction of sp³-hybridized carbons (Fsp3) is 0.308. The molecule has 0 aliphatic carbocycles. The molecule has 1 aromatic heterocycles. The van der Waals surface area contributed by atoms with Crippen molar-refractivity contribution in [3.8, 4) is 12.3 Å². The van der Waals surface area contributed by atoms with Crippen molar-refractivity contribution < 1.29 is 0 Å². The molecule has 2 heterocycles. The summed E-state index contributed by atoms with van der Waals surface area (Å²) in [6.45, 7) is 2.78. The van der Waals surface area contributed by atoms with Gasteiger partial charge >= 0.3 is 0 Å². The molecule has 2 aromatic rings. The van der Waals surface area contributed by atoms with E-state index in [-0.39, 0.29) is 0 Å². The Hall–Kier alpha value is -1.79. The standard InChI is InChI=1S/C13H13N3/c1-2-7-16-8-10(9-16)13-14-11-5-3-4-6-12(11)15-13/h1,3-6,10H,7-9H2,(H,14,15). The van der Waals surface area contributed by atoms with E-state index in [0.717, 1.165) is 36.5 Å². The van der Waals surface area contributed by atoms with Gasteiger partial charge in [0.25, 0.3) is 0 Å². The molecule has 0 saturated carbocycles. The Morgan fingerprint density at radius 2 is 2.25 bits per heavy atom. The maximum absolute atomic E-state index is 5.27. The van der Waals surface area contributed by atoms with Gasteiger partial charge in [0.1, 0.15) is 5.82 Å². The zero-order valence-corrected chi connectivity index (χ0v) is 8.98. The van der Waals surface area contributed by atoms with Crippen molar-refractivity contribution in [1.29, 1.82) is 0 Å². The average Bonchev–Trinajstić information content (AvgIpc) is 2.65. The zero-order chi connectivity index (χ0) is 11.0. The van der Waals surface area contributed by atoms with Crippen LogP contribution in [0.2, 0.25) is 0 Å². The van der Waals surface area contributed by atoms with E-state index in [1.165, 1.54) is 0 Å². The molecule has 3 rings (SSSR count). The first kappa shape index (κ1) is 9.44. The van der Waals surface area contributed by atoms with E-state index in [1.54, 1.807) is 0 Å². The normalized spacial score (nSPS) is 17.2. The van der Waals surface area contributed by atoms with Crippen LogP contribution >= 0.6 is 0 Å². The van der Waals surface area contributed by atoms with Crippen LogP contribution in [0.15, 0.2) is 24.3 Å². The van der Waals surface area contributed by atoms with E-state index in [1.807, 2.05) is 18.2 Å². The van der Waals surface area contributed by atoms with Gasteiger partial charge in [-0.25, -0.2) is 4.98 Å². The third-order valence-corrected chi connectivity index (χ3v) is 3.07. The van der Waals surface area contributed by atoms with Crippen LogP contribution in [0.3, 0.4) is 0 Å². The lowest BCUT2D eigenvalue weighted by Gasteiger charge is -2.36. The first-order chi connectivity index (χ1) is 7.86. The highest BCUT2D eigenvalue weighted by Gasteiger charge is 2.29. The topological polar surface area (TPSA) is 31.9 Å². The number of likely N-dealkylation sites (tertiary alicyclic amines) is 1. The van der Waals surface area contributed by atoms with Gasteiger partial charge in [-0.1, -0.05) is 18.1 Å². The minimum atomic E-state index is 0.515. The number of terminal acetylenes is 1. The van der Waals surface area contributed by atoms with Crippen LogP contribution in [0, 0.1) is 12.3 Å². The van der Waals surface area contributed by atoms with Crippen molar-refractivity contribution in [1.82, 2.24) is 14.9 Å². The second-order valence-electron chi connectivity index (χ2n) is 4.23. The summed E-state index contributed by atoms with van der Waals surface area (Å²) in [6, 6.07) is 8.13. The number of nitrogens with one attached hydrogen (secondary N) is 1. The fourth-order valence-corrected chi connectivity index (χ4v) is 2.17. The molecule has 0 spiro atoms. The predicted octanol–water partition coefficient (Wildman–Crippen LogP) is 1.60. The van der Waals surface area contributed by atoms with E-state index < -0.39 is 0 Å². The highest BCUT2D eigenvalue weighted by atomic mass is 15.2. The molecule has 1 aliphatic rings. The van der Waals surface area contributed by atoms with Crippen LogP contribution < -0.4 is 0 Å². The van der Waals surface area contributed by atoms with Crippen molar-refractivity contribution in [3.63, 3.8) is 0 Å². The van der Waals surface area contributed by atoms with E-state index in [2.05, 4.69) is 26.9 Å². The lowest BCUT2D eigenvalue weighted by Crippen LogP contribution is -2.45. The molecule has 1 N–H and O–H groups in total. The van der Waals surface area contributed by atoms with E-state index in [9.17, 15) is 0 Å². The summed E-state index contributed by atoms with van der Waals surface area (Å²) in [7, 11) is 0. The van der Waals surface area contributed by atoms with Crippen molar-refractivity contribution >= 4 is 11.0 Å². The van der Waals surface area contributed by atoms with Crippen LogP contribution in [0.5, 0.6) is 0 Å². The maximum Gasteiger partial charge on any atom is 0.112 e. The van der Waals surface area contributed by atoms with Gasteiger partial charge in [-0.2, -0.15) is 0 Å². The van der Waals surface area contributed by atoms with Crippen molar-refractivity contribution in [3.05, 3.63) is 30.1 Å². The van der Waals surface area contributed by atoms with Crippen LogP contribution in [0.25, 0.3) is 11.0 Å². The summed E-state index contributed by atoms with van der Waals surface area (Å²) in [5.74, 6) is 4.27. The summed E-state index contributed by atoms with van der Waals surface area (Å²) < 4.78 is 0. The van der Waals surface area contributed by atoms with Crippen LogP contribution in [0.4, 0.5) is 0 Å². The van der Waals surface area contributed by atoms with Gasteiger partial charge in [0.15, 0.2) is 0 Å². The Morgan fingerprint density at radius 3 is 3.00 bits per heavy atom. The van der Waals surface area contributed by atoms with E-state index in [4.69, 9.17) is 6.42 Å². The molecule has 3 nitrogen and oxygen atoms in total. The second kappa shape index (κ2) is 3.66. The number of nitrogens with zero attached hydrogens (tertiary/aromatic N) is 2. The third-order valence-electron chi connectivity index (χ3n) is 3.07. The van der Waals surface area contributed by atoms with Gasteiger partial charge in [0, 0.05) is 19.0 Å². The van der Waals surface area contributed by atoms with Gasteiger partial charge in [0.2, 0.25) is 0 Å². The summed E-state index contributed by atoms with van der Waals surface area (Å²) in [5.41, 5.74) is 2.17. The molecule has 0 amide bonds. The van der Waals surface area contributed by atoms with Crippen LogP contribution in [-0.2, 0) is 0 Å². The molecular weight excluding hydrogens is 198 g/mol. The third kappa shape index (κ3) is 1.48. The SMILES string of the molecule is C#CCN1CC(c2nc3ccccc3[nH]2)C1. The lowest BCUT2D eigenvalue weighted by atomic mass is 10.00. The predicted molar refractivity (Wildman–Crippen MR) is 64.1 cm³/mol. The number of benzene rings is 1. The Balaban J connectivity index is 1.79. The zero-order valence-electron chi connectivity index (χ0n) is 8.98. The van der Waals surface area contributed by atoms with Crippen LogP contribution in [-0.4, -0.2) is 34.5 Å². The largest absolute Gasteiger partial charge is 0.342 e. The Kier molecular flexibility index (Phi) is 2.16. The molecular formula is C13H13N3. The van der Waals surface area contributed by atoms with Gasteiger partial charge in [-0.15, -0.1) is 6.42 Å². The van der Waals surface area contributed by atoms with E-state index in [0.29, 0.717) is 5.92 Å². The van der Waals surface area contributed by atoms with Crippen LogP contribution in [0.1, 0.15) is 11.7 Å². The number of aromatic amines is 1. The van der Waals surface area contributed by atoms with Crippen molar-refractivity contribution in [2.24, 2.45) is 0 Å². The van der Waals surface area contributed by atoms with Crippen molar-refractivity contribution in [2.45, 2.75) is 5.92 Å². The molecule has 80 valence electrons. The maximum atomic E-state index is 5.27. The summed E-state index contributed by atoms with van der Waals surface area (Å²) in [5, 5.41) is 0. The smallest absolute Gasteiger partial charge is 0.112 e. The number of fused-ring (bicyclic) bond motifs is 1. The summed E-state index contributed by atoms with van der Waals surface area (Å²) >= 11 is 0. The average molecular weight is 211 g/mol. The molecule has 3 heteroatoms. The molecule has 1 saturated heterocycles. The molecule has 1 aliphatic heterocycles. The van der Waals surface area contributed by atoms with Crippen molar-refractivity contribution in [2.75, 3.05) is 19.6 Å². The Morgan fingerprint density at radius 1 is 1.44 bits per heavy atom. The number of aromatic nitrogens is 2. The fourth-order valence-electron chi connectivity index (χ4n) is 2.17. The molecule has 1 aromatic carbocycles. The highest BCUT2D eigenvalue weighted by molar-refractivity contribution is 5.74. The highest BCUT2D eigenvalue weighted by Crippen LogP contribution is 2.25. The number of rotatable bonds is 2. The number of hydrogen-bond donors (Lipinski definition) is 1. The molecule has 0 radical (unpaired) electrons. The van der Waals surface area contributed by atoms with Gasteiger partial charge < -0.3 is 4.98 Å². The van der Waals surface area contributed by atoms with Gasteiger partial charge in [-0.05, 0) is 12.1 Å². The lowest BCUT2D eigenvalue weighted by molar-refractivity contribution is 0.165. The molecule has 0 atom stereocenters. The molecule has 1 fully saturated rings. The van der Waals surface area contributed by atoms with Gasteiger partial charge in [-0.3, -0.25) is 4.90 Å². The molecule has 0 bridgehead atoms. The number of hydrogen-bond acceptors (Lipinski definition) is 2. The minimum Gasteiger partial charge on any atom is -0.342 e. The first-order valence-electron chi connectivity index (χ1n) is 5.47. The molecule has 16 heavy (non-hydrogen) atoms. The van der Waals surface area contributed by atoms with Gasteiger partial charge in [0.05, 0.1) is 17.6 Å². The second-order valence-corrected chi connectivity index (χ2v) is 4.23. The summed E-state index contributed by atoms with van der Waals surface area (Å²) in [6.07, 6.45) is 5.27. The number of imidazole rings is 1. The Bertz CT molecular complexity index is 511. The minimum absolute atomic E-state index is 0.515. The number of H-pyrrole nitrogens is 1. The van der Waals surface area contributed by atoms with E-state index >= 15 is 0 Å². The first-order valence-corrected chi connectivity index (χ1v) is 5.47. The summed E-state index contributed by atoms with van der Waals surface area (Å²) in [4.78, 5) is 10.2. The Labute approximate surface area is 94.5 Å². The quantitative estimate of drug-likeness (QED) is 0.765. The monoisotopic (exact) mass is 211 g/mol.